The van der Waals surface area contributed by atoms with Gasteiger partial charge in [0.05, 0.1) is 12.8 Å². The number of methoxy groups -OCH3 is 1. The molecule has 8 heteroatoms. The molecule has 0 aliphatic carbocycles. The average Bonchev–Trinajstić information content (AvgIpc) is 2.96. The Morgan fingerprint density at radius 2 is 1.90 bits per heavy atom. The number of aryl methyl sites for hydroxylation is 1. The number of benzene rings is 1. The predicted octanol–water partition coefficient (Wildman–Crippen LogP) is -0.174. The number of nitrogens with zero attached hydrogens (tertiary/aromatic N) is 5. The van der Waals surface area contributed by atoms with E-state index in [1.165, 1.54) is 16.3 Å². The quantitative estimate of drug-likeness (QED) is 0.653. The van der Waals surface area contributed by atoms with E-state index in [2.05, 4.69) is 10.3 Å². The summed E-state index contributed by atoms with van der Waals surface area (Å²) in [5.74, 6) is 0.644. The third-order valence-electron chi connectivity index (χ3n) is 3.34. The van der Waals surface area contributed by atoms with Crippen molar-refractivity contribution in [2.45, 2.75) is 0 Å². The van der Waals surface area contributed by atoms with Gasteiger partial charge < -0.3 is 4.74 Å². The van der Waals surface area contributed by atoms with E-state index in [9.17, 15) is 9.59 Å². The second kappa shape index (κ2) is 4.58. The Morgan fingerprint density at radius 1 is 1.14 bits per heavy atom. The summed E-state index contributed by atoms with van der Waals surface area (Å²) in [6.45, 7) is 0. The Balaban J connectivity index is 2.40. The summed E-state index contributed by atoms with van der Waals surface area (Å²) in [4.78, 5) is 24.1. The molecule has 0 amide bonds. The molecule has 21 heavy (non-hydrogen) atoms. The Morgan fingerprint density at radius 3 is 2.62 bits per heavy atom. The fourth-order valence-electron chi connectivity index (χ4n) is 2.19. The van der Waals surface area contributed by atoms with Gasteiger partial charge >= 0.3 is 5.69 Å². The molecule has 108 valence electrons. The lowest BCUT2D eigenvalue weighted by molar-refractivity contribution is 0.414. The molecule has 1 aromatic carbocycles. The molecule has 3 aromatic rings. The van der Waals surface area contributed by atoms with Gasteiger partial charge in [0, 0.05) is 20.2 Å². The van der Waals surface area contributed by atoms with Gasteiger partial charge in [-0.3, -0.25) is 13.9 Å². The Hall–Kier alpha value is -2.90. The Bertz CT molecular complexity index is 951. The summed E-state index contributed by atoms with van der Waals surface area (Å²) in [6, 6.07) is 7.12. The zero-order valence-corrected chi connectivity index (χ0v) is 11.8. The summed E-state index contributed by atoms with van der Waals surface area (Å²) in [7, 11) is 4.54. The molecule has 0 spiro atoms. The van der Waals surface area contributed by atoms with Crippen molar-refractivity contribution in [1.82, 2.24) is 24.1 Å². The van der Waals surface area contributed by atoms with Crippen LogP contribution in [-0.4, -0.2) is 31.2 Å². The molecule has 0 bridgehead atoms. The van der Waals surface area contributed by atoms with Gasteiger partial charge in [0.2, 0.25) is 0 Å². The van der Waals surface area contributed by atoms with E-state index < -0.39 is 11.2 Å². The van der Waals surface area contributed by atoms with Gasteiger partial charge in [-0.15, -0.1) is 5.10 Å². The number of fused-ring (bicyclic) bond motifs is 1. The third-order valence-corrected chi connectivity index (χ3v) is 3.34. The monoisotopic (exact) mass is 287 g/mol. The molecule has 0 saturated heterocycles. The van der Waals surface area contributed by atoms with E-state index in [1.54, 1.807) is 38.4 Å². The van der Waals surface area contributed by atoms with Crippen molar-refractivity contribution in [3.63, 3.8) is 0 Å². The van der Waals surface area contributed by atoms with E-state index >= 15 is 0 Å². The van der Waals surface area contributed by atoms with E-state index in [4.69, 9.17) is 4.74 Å². The van der Waals surface area contributed by atoms with Crippen molar-refractivity contribution in [2.75, 3.05) is 7.11 Å². The lowest BCUT2D eigenvalue weighted by Crippen LogP contribution is -2.37. The van der Waals surface area contributed by atoms with Crippen molar-refractivity contribution >= 4 is 11.2 Å². The number of ether oxygens (including phenoxy) is 1. The maximum absolute atomic E-state index is 12.1. The minimum atomic E-state index is -0.470. The van der Waals surface area contributed by atoms with Gasteiger partial charge in [-0.2, -0.15) is 4.68 Å². The van der Waals surface area contributed by atoms with Crippen molar-refractivity contribution in [2.24, 2.45) is 14.1 Å². The Labute approximate surface area is 118 Å². The average molecular weight is 287 g/mol. The maximum atomic E-state index is 12.1. The van der Waals surface area contributed by atoms with Gasteiger partial charge in [-0.25, -0.2) is 4.79 Å². The maximum Gasteiger partial charge on any atom is 0.332 e. The van der Waals surface area contributed by atoms with Crippen LogP contribution in [0.1, 0.15) is 0 Å². The van der Waals surface area contributed by atoms with Crippen molar-refractivity contribution < 1.29 is 4.74 Å². The number of rotatable bonds is 2. The van der Waals surface area contributed by atoms with Crippen LogP contribution in [0.3, 0.4) is 0 Å². The summed E-state index contributed by atoms with van der Waals surface area (Å²) < 4.78 is 8.96. The predicted molar refractivity (Wildman–Crippen MR) is 75.9 cm³/mol. The minimum Gasteiger partial charge on any atom is -0.497 e. The van der Waals surface area contributed by atoms with Crippen LogP contribution in [-0.2, 0) is 14.1 Å². The molecular formula is C13H13N5O3. The number of hydrogen-bond donors (Lipinski definition) is 0. The van der Waals surface area contributed by atoms with Gasteiger partial charge in [-0.1, -0.05) is 11.3 Å². The molecule has 8 nitrogen and oxygen atoms in total. The van der Waals surface area contributed by atoms with Crippen LogP contribution in [0.15, 0.2) is 33.9 Å². The second-order valence-corrected chi connectivity index (χ2v) is 4.58. The molecule has 0 unspecified atom stereocenters. The summed E-state index contributed by atoms with van der Waals surface area (Å²) in [5.41, 5.74) is 0.236. The lowest BCUT2D eigenvalue weighted by Gasteiger charge is -2.08. The lowest BCUT2D eigenvalue weighted by atomic mass is 10.3. The van der Waals surface area contributed by atoms with Gasteiger partial charge in [0.15, 0.2) is 11.2 Å². The van der Waals surface area contributed by atoms with E-state index in [0.29, 0.717) is 17.1 Å². The molecule has 2 aromatic heterocycles. The fraction of sp³-hybridized carbons (Fsp3) is 0.231. The SMILES string of the molecule is COc1cccc(-n2nnc3c(=O)n(C)c(=O)n(C)c32)c1. The van der Waals surface area contributed by atoms with Crippen LogP contribution in [0.4, 0.5) is 0 Å². The standard InChI is InChI=1S/C13H13N5O3/c1-16-11-10(12(19)17(2)13(16)20)14-15-18(11)8-5-4-6-9(7-8)21-3/h4-7H,1-3H3. The normalized spacial score (nSPS) is 11.0. The molecule has 0 N–H and O–H groups in total. The molecule has 0 aliphatic heterocycles. The first kappa shape index (κ1) is 13.1. The van der Waals surface area contributed by atoms with Crippen molar-refractivity contribution in [1.29, 1.82) is 0 Å². The van der Waals surface area contributed by atoms with Crippen LogP contribution in [0.25, 0.3) is 16.9 Å². The van der Waals surface area contributed by atoms with Crippen LogP contribution < -0.4 is 16.0 Å². The number of aromatic nitrogens is 5. The van der Waals surface area contributed by atoms with Gasteiger partial charge in [-0.05, 0) is 12.1 Å². The van der Waals surface area contributed by atoms with E-state index in [0.717, 1.165) is 4.57 Å². The highest BCUT2D eigenvalue weighted by Gasteiger charge is 2.16. The van der Waals surface area contributed by atoms with Crippen LogP contribution >= 0.6 is 0 Å². The molecular weight excluding hydrogens is 274 g/mol. The second-order valence-electron chi connectivity index (χ2n) is 4.58. The summed E-state index contributed by atoms with van der Waals surface area (Å²) >= 11 is 0. The van der Waals surface area contributed by atoms with Crippen molar-refractivity contribution in [3.05, 3.63) is 45.1 Å². The highest BCUT2D eigenvalue weighted by molar-refractivity contribution is 5.71. The van der Waals surface area contributed by atoms with Gasteiger partial charge in [0.1, 0.15) is 5.75 Å². The first-order chi connectivity index (χ1) is 10.0. The largest absolute Gasteiger partial charge is 0.497 e. The molecule has 2 heterocycles. The highest BCUT2D eigenvalue weighted by Crippen LogP contribution is 2.18. The van der Waals surface area contributed by atoms with Crippen LogP contribution in [0, 0.1) is 0 Å². The molecule has 3 rings (SSSR count). The molecule has 0 atom stereocenters. The minimum absolute atomic E-state index is 0.141. The fourth-order valence-corrected chi connectivity index (χ4v) is 2.19. The molecule has 0 radical (unpaired) electrons. The smallest absolute Gasteiger partial charge is 0.332 e. The zero-order valence-electron chi connectivity index (χ0n) is 11.8. The van der Waals surface area contributed by atoms with Crippen molar-refractivity contribution in [3.8, 4) is 11.4 Å². The van der Waals surface area contributed by atoms with Gasteiger partial charge in [0.25, 0.3) is 5.56 Å². The van der Waals surface area contributed by atoms with E-state index in [1.807, 2.05) is 0 Å². The van der Waals surface area contributed by atoms with E-state index in [-0.39, 0.29) is 5.52 Å². The topological polar surface area (TPSA) is 83.9 Å². The van der Waals surface area contributed by atoms with Crippen LogP contribution in [0.2, 0.25) is 0 Å². The molecule has 0 saturated carbocycles. The summed E-state index contributed by atoms with van der Waals surface area (Å²) in [6.07, 6.45) is 0. The zero-order chi connectivity index (χ0) is 15.1. The number of hydrogen-bond acceptors (Lipinski definition) is 5. The summed E-state index contributed by atoms with van der Waals surface area (Å²) in [5, 5.41) is 7.87. The Kier molecular flexibility index (Phi) is 2.86. The first-order valence-electron chi connectivity index (χ1n) is 6.20. The third kappa shape index (κ3) is 1.83. The molecule has 0 aliphatic rings. The van der Waals surface area contributed by atoms with Crippen LogP contribution in [0.5, 0.6) is 5.75 Å². The highest BCUT2D eigenvalue weighted by atomic mass is 16.5. The molecule has 0 fully saturated rings. The first-order valence-corrected chi connectivity index (χ1v) is 6.20.